The number of rotatable bonds is 4. The molecule has 100 valence electrons. The van der Waals surface area contributed by atoms with Gasteiger partial charge >= 0.3 is 0 Å². The van der Waals surface area contributed by atoms with Gasteiger partial charge in [0.15, 0.2) is 0 Å². The lowest BCUT2D eigenvalue weighted by Gasteiger charge is -2.20. The Bertz CT molecular complexity index is 431. The third kappa shape index (κ3) is 2.40. The smallest absolute Gasteiger partial charge is 0.255 e. The van der Waals surface area contributed by atoms with E-state index in [1.165, 1.54) is 0 Å². The molecule has 1 unspecified atom stereocenters. The lowest BCUT2D eigenvalue weighted by atomic mass is 10.1. The SMILES string of the molecule is COC1CCN(CCCCl)C(=O)c2ccn(C)c21. The molecule has 0 N–H and O–H groups in total. The fourth-order valence-electron chi connectivity index (χ4n) is 2.50. The quantitative estimate of drug-likeness (QED) is 0.786. The van der Waals surface area contributed by atoms with Gasteiger partial charge in [0.25, 0.3) is 5.91 Å². The number of aromatic nitrogens is 1. The minimum Gasteiger partial charge on any atom is -0.375 e. The number of nitrogens with zero attached hydrogens (tertiary/aromatic N) is 2. The molecule has 0 aliphatic carbocycles. The molecule has 0 saturated heterocycles. The number of halogens is 1. The molecule has 1 atom stereocenters. The first-order chi connectivity index (χ1) is 8.69. The number of methoxy groups -OCH3 is 1. The van der Waals surface area contributed by atoms with Crippen LogP contribution in [0.2, 0.25) is 0 Å². The topological polar surface area (TPSA) is 34.5 Å². The van der Waals surface area contributed by atoms with Gasteiger partial charge in [-0.3, -0.25) is 4.79 Å². The standard InChI is InChI=1S/C13H19ClN2O2/c1-15-8-4-10-12(15)11(18-2)5-9-16(13(10)17)7-3-6-14/h4,8,11H,3,5-7,9H2,1-2H3. The molecule has 0 saturated carbocycles. The Kier molecular flexibility index (Phi) is 4.30. The van der Waals surface area contributed by atoms with Gasteiger partial charge in [0.1, 0.15) is 0 Å². The number of hydrogen-bond donors (Lipinski definition) is 0. The van der Waals surface area contributed by atoms with Crippen LogP contribution in [-0.4, -0.2) is 41.5 Å². The summed E-state index contributed by atoms with van der Waals surface area (Å²) in [5, 5.41) is 0. The minimum absolute atomic E-state index is 0.00930. The van der Waals surface area contributed by atoms with Crippen molar-refractivity contribution in [2.45, 2.75) is 18.9 Å². The molecule has 1 aromatic rings. The number of alkyl halides is 1. The van der Waals surface area contributed by atoms with Crippen LogP contribution < -0.4 is 0 Å². The van der Waals surface area contributed by atoms with Crippen LogP contribution in [-0.2, 0) is 11.8 Å². The second kappa shape index (κ2) is 5.76. The summed E-state index contributed by atoms with van der Waals surface area (Å²) in [6.45, 7) is 1.44. The Morgan fingerprint density at radius 1 is 1.56 bits per heavy atom. The van der Waals surface area contributed by atoms with Crippen molar-refractivity contribution in [3.05, 3.63) is 23.5 Å². The summed E-state index contributed by atoms with van der Waals surface area (Å²) in [5.74, 6) is 0.675. The fraction of sp³-hybridized carbons (Fsp3) is 0.615. The zero-order valence-electron chi connectivity index (χ0n) is 10.9. The zero-order chi connectivity index (χ0) is 13.1. The molecule has 0 bridgehead atoms. The van der Waals surface area contributed by atoms with Crippen molar-refractivity contribution in [2.24, 2.45) is 7.05 Å². The van der Waals surface area contributed by atoms with E-state index in [0.717, 1.165) is 30.6 Å². The predicted octanol–water partition coefficient (Wildman–Crippen LogP) is 2.19. The van der Waals surface area contributed by atoms with Crippen molar-refractivity contribution in [1.29, 1.82) is 0 Å². The largest absolute Gasteiger partial charge is 0.375 e. The van der Waals surface area contributed by atoms with Gasteiger partial charge in [0.05, 0.1) is 17.4 Å². The second-order valence-electron chi connectivity index (χ2n) is 4.57. The van der Waals surface area contributed by atoms with E-state index < -0.39 is 0 Å². The molecular formula is C13H19ClN2O2. The van der Waals surface area contributed by atoms with E-state index in [0.29, 0.717) is 12.4 Å². The molecule has 4 nitrogen and oxygen atoms in total. The van der Waals surface area contributed by atoms with Crippen LogP contribution in [0.3, 0.4) is 0 Å². The lowest BCUT2D eigenvalue weighted by molar-refractivity contribution is 0.0698. The first kappa shape index (κ1) is 13.4. The number of amides is 1. The van der Waals surface area contributed by atoms with Crippen LogP contribution in [0.1, 0.15) is 35.0 Å². The summed E-state index contributed by atoms with van der Waals surface area (Å²) in [5.41, 5.74) is 1.74. The summed E-state index contributed by atoms with van der Waals surface area (Å²) >= 11 is 5.70. The van der Waals surface area contributed by atoms with E-state index in [-0.39, 0.29) is 12.0 Å². The summed E-state index contributed by atoms with van der Waals surface area (Å²) in [7, 11) is 3.65. The molecule has 1 aromatic heterocycles. The van der Waals surface area contributed by atoms with Crippen LogP contribution in [0.25, 0.3) is 0 Å². The third-order valence-corrected chi connectivity index (χ3v) is 3.72. The van der Waals surface area contributed by atoms with E-state index in [2.05, 4.69) is 0 Å². The average Bonchev–Trinajstić information content (AvgIpc) is 2.68. The summed E-state index contributed by atoms with van der Waals surface area (Å²) in [4.78, 5) is 14.3. The molecule has 0 aromatic carbocycles. The van der Waals surface area contributed by atoms with Crippen LogP contribution in [0.15, 0.2) is 12.3 Å². The number of aryl methyl sites for hydroxylation is 1. The summed E-state index contributed by atoms with van der Waals surface area (Å²) in [6, 6.07) is 1.88. The van der Waals surface area contributed by atoms with Gasteiger partial charge in [-0.1, -0.05) is 0 Å². The molecule has 1 aliphatic rings. The molecule has 1 amide bonds. The highest BCUT2D eigenvalue weighted by atomic mass is 35.5. The first-order valence-electron chi connectivity index (χ1n) is 6.22. The van der Waals surface area contributed by atoms with Crippen molar-refractivity contribution in [2.75, 3.05) is 26.1 Å². The maximum Gasteiger partial charge on any atom is 0.255 e. The van der Waals surface area contributed by atoms with Crippen LogP contribution >= 0.6 is 11.6 Å². The van der Waals surface area contributed by atoms with Gasteiger partial charge < -0.3 is 14.2 Å². The fourth-order valence-corrected chi connectivity index (χ4v) is 2.62. The Hall–Kier alpha value is -1.00. The van der Waals surface area contributed by atoms with Crippen molar-refractivity contribution < 1.29 is 9.53 Å². The third-order valence-electron chi connectivity index (χ3n) is 3.45. The van der Waals surface area contributed by atoms with Gasteiger partial charge in [-0.05, 0) is 18.9 Å². The predicted molar refractivity (Wildman–Crippen MR) is 71.0 cm³/mol. The van der Waals surface area contributed by atoms with Crippen molar-refractivity contribution in [1.82, 2.24) is 9.47 Å². The Morgan fingerprint density at radius 3 is 3.00 bits per heavy atom. The highest BCUT2D eigenvalue weighted by Crippen LogP contribution is 2.29. The molecule has 18 heavy (non-hydrogen) atoms. The monoisotopic (exact) mass is 270 g/mol. The maximum absolute atomic E-state index is 12.4. The molecule has 2 rings (SSSR count). The summed E-state index contributed by atoms with van der Waals surface area (Å²) < 4.78 is 7.49. The van der Waals surface area contributed by atoms with Crippen LogP contribution in [0.5, 0.6) is 0 Å². The van der Waals surface area contributed by atoms with Crippen LogP contribution in [0.4, 0.5) is 0 Å². The van der Waals surface area contributed by atoms with Crippen molar-refractivity contribution >= 4 is 17.5 Å². The van der Waals surface area contributed by atoms with Crippen molar-refractivity contribution in [3.8, 4) is 0 Å². The second-order valence-corrected chi connectivity index (χ2v) is 4.95. The van der Waals surface area contributed by atoms with Gasteiger partial charge in [0.2, 0.25) is 0 Å². The van der Waals surface area contributed by atoms with Gasteiger partial charge in [-0.25, -0.2) is 0 Å². The number of fused-ring (bicyclic) bond motifs is 1. The Labute approximate surface area is 112 Å². The number of carbonyl (C=O) groups is 1. The summed E-state index contributed by atoms with van der Waals surface area (Å²) in [6.07, 6.45) is 3.56. The van der Waals surface area contributed by atoms with Crippen LogP contribution in [0, 0.1) is 0 Å². The average molecular weight is 271 g/mol. The normalized spacial score (nSPS) is 19.8. The van der Waals surface area contributed by atoms with E-state index in [9.17, 15) is 4.79 Å². The van der Waals surface area contributed by atoms with E-state index in [1.807, 2.05) is 28.8 Å². The van der Waals surface area contributed by atoms with Crippen molar-refractivity contribution in [3.63, 3.8) is 0 Å². The van der Waals surface area contributed by atoms with Gasteiger partial charge in [-0.15, -0.1) is 11.6 Å². The van der Waals surface area contributed by atoms with E-state index >= 15 is 0 Å². The molecule has 0 radical (unpaired) electrons. The molecule has 2 heterocycles. The highest BCUT2D eigenvalue weighted by molar-refractivity contribution is 6.17. The Morgan fingerprint density at radius 2 is 2.33 bits per heavy atom. The lowest BCUT2D eigenvalue weighted by Crippen LogP contribution is -2.32. The zero-order valence-corrected chi connectivity index (χ0v) is 11.6. The maximum atomic E-state index is 12.4. The first-order valence-corrected chi connectivity index (χ1v) is 6.75. The number of hydrogen-bond acceptors (Lipinski definition) is 2. The molecule has 0 spiro atoms. The molecule has 0 fully saturated rings. The van der Waals surface area contributed by atoms with E-state index in [1.54, 1.807) is 7.11 Å². The highest BCUT2D eigenvalue weighted by Gasteiger charge is 2.29. The van der Waals surface area contributed by atoms with E-state index in [4.69, 9.17) is 16.3 Å². The van der Waals surface area contributed by atoms with Gasteiger partial charge in [0, 0.05) is 39.3 Å². The Balaban J connectivity index is 2.29. The molecular weight excluding hydrogens is 252 g/mol. The number of carbonyl (C=O) groups excluding carboxylic acids is 1. The molecule has 5 heteroatoms. The number of ether oxygens (including phenoxy) is 1. The van der Waals surface area contributed by atoms with Gasteiger partial charge in [-0.2, -0.15) is 0 Å². The molecule has 1 aliphatic heterocycles. The minimum atomic E-state index is -0.00930.